The standard InChI is InChI=1S/C21H28N6O2/c1-2-11-29-18-5-4-16(21(28)25-8-7-19-23-9-10-24-19)12-17(18)27-20-6-3-15(13-22)14-26-20/h3,6,9-10,14,16-18H,2,4-5,7-8,11-12H2,1H3,(H,23,24)(H,25,28)(H,26,27)/t16-,17+,18+/m0/s1. The number of nitriles is 1. The molecule has 2 aromatic heterocycles. The highest BCUT2D eigenvalue weighted by atomic mass is 16.5. The van der Waals surface area contributed by atoms with E-state index in [1.807, 2.05) is 0 Å². The number of imidazole rings is 1. The highest BCUT2D eigenvalue weighted by Gasteiger charge is 2.34. The van der Waals surface area contributed by atoms with Crippen LogP contribution in [-0.4, -0.2) is 46.2 Å². The predicted molar refractivity (Wildman–Crippen MR) is 109 cm³/mol. The number of amides is 1. The molecule has 1 amide bonds. The highest BCUT2D eigenvalue weighted by molar-refractivity contribution is 5.78. The van der Waals surface area contributed by atoms with Crippen LogP contribution in [0, 0.1) is 17.2 Å². The molecule has 1 fully saturated rings. The molecule has 0 unspecified atom stereocenters. The Labute approximate surface area is 171 Å². The molecule has 8 nitrogen and oxygen atoms in total. The summed E-state index contributed by atoms with van der Waals surface area (Å²) in [6.07, 6.45) is 9.03. The summed E-state index contributed by atoms with van der Waals surface area (Å²) in [5.74, 6) is 1.57. The van der Waals surface area contributed by atoms with Gasteiger partial charge in [0.2, 0.25) is 5.91 Å². The van der Waals surface area contributed by atoms with E-state index < -0.39 is 0 Å². The second-order valence-electron chi connectivity index (χ2n) is 7.29. The fourth-order valence-electron chi connectivity index (χ4n) is 3.62. The molecule has 0 saturated heterocycles. The number of carbonyl (C=O) groups is 1. The molecule has 1 aliphatic rings. The normalized spacial score (nSPS) is 21.3. The zero-order chi connectivity index (χ0) is 20.5. The third kappa shape index (κ3) is 6.03. The second-order valence-corrected chi connectivity index (χ2v) is 7.29. The fraction of sp³-hybridized carbons (Fsp3) is 0.524. The van der Waals surface area contributed by atoms with Crippen molar-refractivity contribution in [3.63, 3.8) is 0 Å². The van der Waals surface area contributed by atoms with Crippen molar-refractivity contribution in [2.45, 2.75) is 51.2 Å². The molecule has 3 atom stereocenters. The van der Waals surface area contributed by atoms with Crippen LogP contribution >= 0.6 is 0 Å². The lowest BCUT2D eigenvalue weighted by Gasteiger charge is -2.36. The number of aromatic amines is 1. The van der Waals surface area contributed by atoms with Crippen molar-refractivity contribution in [3.8, 4) is 6.07 Å². The lowest BCUT2D eigenvalue weighted by molar-refractivity contribution is -0.127. The Morgan fingerprint density at radius 1 is 1.38 bits per heavy atom. The number of anilines is 1. The largest absolute Gasteiger partial charge is 0.376 e. The minimum Gasteiger partial charge on any atom is -0.376 e. The maximum atomic E-state index is 12.7. The van der Waals surface area contributed by atoms with Gasteiger partial charge in [0, 0.05) is 44.1 Å². The van der Waals surface area contributed by atoms with Gasteiger partial charge in [0.25, 0.3) is 0 Å². The Hall–Kier alpha value is -2.92. The summed E-state index contributed by atoms with van der Waals surface area (Å²) in [6, 6.07) is 5.60. The number of carbonyl (C=O) groups excluding carboxylic acids is 1. The molecule has 154 valence electrons. The lowest BCUT2D eigenvalue weighted by atomic mass is 9.83. The van der Waals surface area contributed by atoms with E-state index in [2.05, 4.69) is 38.6 Å². The van der Waals surface area contributed by atoms with Crippen molar-refractivity contribution in [3.05, 3.63) is 42.1 Å². The van der Waals surface area contributed by atoms with Crippen LogP contribution in [-0.2, 0) is 16.0 Å². The lowest BCUT2D eigenvalue weighted by Crippen LogP contribution is -2.45. The summed E-state index contributed by atoms with van der Waals surface area (Å²) < 4.78 is 6.03. The first-order valence-electron chi connectivity index (χ1n) is 10.2. The Morgan fingerprint density at radius 3 is 2.97 bits per heavy atom. The van der Waals surface area contributed by atoms with E-state index in [9.17, 15) is 4.79 Å². The molecule has 0 radical (unpaired) electrons. The van der Waals surface area contributed by atoms with Gasteiger partial charge in [0.05, 0.1) is 17.7 Å². The van der Waals surface area contributed by atoms with Crippen molar-refractivity contribution in [2.75, 3.05) is 18.5 Å². The van der Waals surface area contributed by atoms with Crippen LogP contribution in [0.4, 0.5) is 5.82 Å². The first-order valence-corrected chi connectivity index (χ1v) is 10.2. The molecule has 3 N–H and O–H groups in total. The molecule has 2 aromatic rings. The van der Waals surface area contributed by atoms with E-state index in [1.54, 1.807) is 30.7 Å². The number of nitrogens with one attached hydrogen (secondary N) is 3. The SMILES string of the molecule is CCCO[C@@H]1CC[C@H](C(=O)NCCc2ncc[nH]2)C[C@H]1Nc1ccc(C#N)cn1. The fourth-order valence-corrected chi connectivity index (χ4v) is 3.62. The molecule has 3 rings (SSSR count). The Balaban J connectivity index is 1.57. The van der Waals surface area contributed by atoms with E-state index >= 15 is 0 Å². The first kappa shape index (κ1) is 20.8. The molecule has 2 heterocycles. The van der Waals surface area contributed by atoms with Crippen molar-refractivity contribution in [2.24, 2.45) is 5.92 Å². The van der Waals surface area contributed by atoms with Crippen LogP contribution < -0.4 is 10.6 Å². The van der Waals surface area contributed by atoms with Gasteiger partial charge < -0.3 is 20.4 Å². The van der Waals surface area contributed by atoms with Crippen molar-refractivity contribution >= 4 is 11.7 Å². The topological polar surface area (TPSA) is 116 Å². The van der Waals surface area contributed by atoms with Crippen LogP contribution in [0.3, 0.4) is 0 Å². The molecule has 8 heteroatoms. The Morgan fingerprint density at radius 2 is 2.28 bits per heavy atom. The summed E-state index contributed by atoms with van der Waals surface area (Å²) in [5.41, 5.74) is 0.520. The van der Waals surface area contributed by atoms with E-state index in [0.29, 0.717) is 37.4 Å². The molecular formula is C21H28N6O2. The molecule has 0 spiro atoms. The number of nitrogens with zero attached hydrogens (tertiary/aromatic N) is 3. The van der Waals surface area contributed by atoms with Crippen molar-refractivity contribution < 1.29 is 9.53 Å². The summed E-state index contributed by atoms with van der Waals surface area (Å²) in [5, 5.41) is 15.4. The number of H-pyrrole nitrogens is 1. The zero-order valence-electron chi connectivity index (χ0n) is 16.7. The second kappa shape index (κ2) is 10.6. The number of rotatable bonds is 9. The predicted octanol–water partition coefficient (Wildman–Crippen LogP) is 2.41. The van der Waals surface area contributed by atoms with Crippen LogP contribution in [0.5, 0.6) is 0 Å². The molecule has 1 aliphatic carbocycles. The minimum atomic E-state index is -0.0658. The van der Waals surface area contributed by atoms with Gasteiger partial charge in [-0.3, -0.25) is 4.79 Å². The van der Waals surface area contributed by atoms with Crippen molar-refractivity contribution in [1.82, 2.24) is 20.3 Å². The van der Waals surface area contributed by atoms with Crippen molar-refractivity contribution in [1.29, 1.82) is 5.26 Å². The van der Waals surface area contributed by atoms with Gasteiger partial charge in [-0.2, -0.15) is 5.26 Å². The van der Waals surface area contributed by atoms with E-state index in [0.717, 1.165) is 25.1 Å². The van der Waals surface area contributed by atoms with Gasteiger partial charge in [0.15, 0.2) is 0 Å². The number of ether oxygens (including phenoxy) is 1. The highest BCUT2D eigenvalue weighted by Crippen LogP contribution is 2.29. The third-order valence-electron chi connectivity index (χ3n) is 5.14. The number of hydrogen-bond donors (Lipinski definition) is 3. The summed E-state index contributed by atoms with van der Waals surface area (Å²) in [7, 11) is 0. The number of hydrogen-bond acceptors (Lipinski definition) is 6. The number of pyridine rings is 1. The van der Waals surface area contributed by atoms with Gasteiger partial charge >= 0.3 is 0 Å². The monoisotopic (exact) mass is 396 g/mol. The smallest absolute Gasteiger partial charge is 0.223 e. The van der Waals surface area contributed by atoms with Crippen LogP contribution in [0.25, 0.3) is 0 Å². The maximum Gasteiger partial charge on any atom is 0.223 e. The van der Waals surface area contributed by atoms with Crippen LogP contribution in [0.15, 0.2) is 30.7 Å². The molecule has 29 heavy (non-hydrogen) atoms. The molecular weight excluding hydrogens is 368 g/mol. The summed E-state index contributed by atoms with van der Waals surface area (Å²) in [6.45, 7) is 3.35. The van der Waals surface area contributed by atoms with E-state index in [-0.39, 0.29) is 24.0 Å². The van der Waals surface area contributed by atoms with Gasteiger partial charge in [-0.05, 0) is 37.8 Å². The molecule has 0 aromatic carbocycles. The molecule has 1 saturated carbocycles. The summed E-state index contributed by atoms with van der Waals surface area (Å²) in [4.78, 5) is 24.2. The Bertz CT molecular complexity index is 800. The zero-order valence-corrected chi connectivity index (χ0v) is 16.7. The molecule has 0 aliphatic heterocycles. The van der Waals surface area contributed by atoms with Gasteiger partial charge in [0.1, 0.15) is 17.7 Å². The van der Waals surface area contributed by atoms with Crippen LogP contribution in [0.1, 0.15) is 44.0 Å². The summed E-state index contributed by atoms with van der Waals surface area (Å²) >= 11 is 0. The average molecular weight is 396 g/mol. The van der Waals surface area contributed by atoms with E-state index in [4.69, 9.17) is 10.00 Å². The van der Waals surface area contributed by atoms with E-state index in [1.165, 1.54) is 0 Å². The van der Waals surface area contributed by atoms with Gasteiger partial charge in [-0.25, -0.2) is 9.97 Å². The first-order chi connectivity index (χ1) is 14.2. The number of aromatic nitrogens is 3. The average Bonchev–Trinajstić information content (AvgIpc) is 3.27. The Kier molecular flexibility index (Phi) is 7.59. The van der Waals surface area contributed by atoms with Crippen LogP contribution in [0.2, 0.25) is 0 Å². The van der Waals surface area contributed by atoms with Gasteiger partial charge in [-0.1, -0.05) is 6.92 Å². The third-order valence-corrected chi connectivity index (χ3v) is 5.14. The maximum absolute atomic E-state index is 12.7. The minimum absolute atomic E-state index is 0.00319. The molecule has 0 bridgehead atoms. The quantitative estimate of drug-likeness (QED) is 0.599. The van der Waals surface area contributed by atoms with Gasteiger partial charge in [-0.15, -0.1) is 0 Å².